The summed E-state index contributed by atoms with van der Waals surface area (Å²) in [7, 11) is 0.907. The number of thioether (sulfide) groups is 1. The van der Waals surface area contributed by atoms with Crippen molar-refractivity contribution in [3.63, 3.8) is 0 Å². The van der Waals surface area contributed by atoms with Gasteiger partial charge in [0.1, 0.15) is 0 Å². The van der Waals surface area contributed by atoms with E-state index in [0.717, 1.165) is 8.58 Å². The highest BCUT2D eigenvalue weighted by atomic mass is 32.2. The molecule has 1 unspecified atom stereocenters. The van der Waals surface area contributed by atoms with Gasteiger partial charge in [-0.15, -0.1) is 11.8 Å². The summed E-state index contributed by atoms with van der Waals surface area (Å²) in [6.45, 7) is 8.14. The van der Waals surface area contributed by atoms with Gasteiger partial charge in [0.25, 0.3) is 0 Å². The quantitative estimate of drug-likeness (QED) is 0.534. The minimum absolute atomic E-state index is 0.907. The van der Waals surface area contributed by atoms with E-state index >= 15 is 0 Å². The molecule has 0 aliphatic heterocycles. The van der Waals surface area contributed by atoms with Gasteiger partial charge in [-0.05, 0) is 17.1 Å². The topological polar surface area (TPSA) is 0 Å². The van der Waals surface area contributed by atoms with Crippen molar-refractivity contribution in [1.29, 1.82) is 0 Å². The minimum Gasteiger partial charge on any atom is -0.127 e. The molecule has 42 valence electrons. The highest BCUT2D eigenvalue weighted by molar-refractivity contribution is 8.08. The van der Waals surface area contributed by atoms with Crippen LogP contribution in [0.25, 0.3) is 0 Å². The zero-order valence-electron chi connectivity index (χ0n) is 4.82. The smallest absolute Gasteiger partial charge is 0.00223 e. The van der Waals surface area contributed by atoms with E-state index in [0.29, 0.717) is 0 Å². The average Bonchev–Trinajstić information content (AvgIpc) is 1.68. The van der Waals surface area contributed by atoms with Crippen molar-refractivity contribution in [1.82, 2.24) is 0 Å². The fourth-order valence-corrected chi connectivity index (χ4v) is 1.61. The van der Waals surface area contributed by atoms with Crippen LogP contribution < -0.4 is 0 Å². The minimum atomic E-state index is 0.907. The Morgan fingerprint density at radius 3 is 2.57 bits per heavy atom. The summed E-state index contributed by atoms with van der Waals surface area (Å²) in [5.41, 5.74) is 0. The Balaban J connectivity index is 3.00. The van der Waals surface area contributed by atoms with E-state index in [2.05, 4.69) is 20.2 Å². The molecule has 0 saturated heterocycles. The summed E-state index contributed by atoms with van der Waals surface area (Å²) in [6.07, 6.45) is 0. The third-order valence-corrected chi connectivity index (χ3v) is 2.84. The van der Waals surface area contributed by atoms with Gasteiger partial charge in [0.05, 0.1) is 0 Å². The standard InChI is InChI=1S/C5H11PS/c1-4-7-5(2)6-3/h6H,2,4H2,1,3H3. The Bertz CT molecular complexity index is 61.1. The Kier molecular flexibility index (Phi) is 5.02. The average molecular weight is 134 g/mol. The van der Waals surface area contributed by atoms with Crippen molar-refractivity contribution < 1.29 is 0 Å². The first-order valence-corrected chi connectivity index (χ1v) is 4.79. The molecule has 0 fully saturated rings. The van der Waals surface area contributed by atoms with Gasteiger partial charge in [-0.1, -0.05) is 22.1 Å². The molecular formula is C5H11PS. The SMILES string of the molecule is C=C(PC)SCC. The fraction of sp³-hybridized carbons (Fsp3) is 0.600. The lowest BCUT2D eigenvalue weighted by Crippen LogP contribution is -1.62. The Hall–Kier alpha value is 0.520. The maximum absolute atomic E-state index is 3.84. The van der Waals surface area contributed by atoms with Crippen LogP contribution in [0.15, 0.2) is 11.2 Å². The van der Waals surface area contributed by atoms with Crippen molar-refractivity contribution in [3.05, 3.63) is 11.2 Å². The molecule has 0 N–H and O–H groups in total. The molecular weight excluding hydrogens is 123 g/mol. The molecule has 0 amide bonds. The van der Waals surface area contributed by atoms with Gasteiger partial charge in [-0.3, -0.25) is 0 Å². The Morgan fingerprint density at radius 1 is 1.86 bits per heavy atom. The maximum atomic E-state index is 3.84. The van der Waals surface area contributed by atoms with E-state index in [4.69, 9.17) is 0 Å². The van der Waals surface area contributed by atoms with E-state index in [1.807, 2.05) is 11.8 Å². The molecule has 0 saturated carbocycles. The van der Waals surface area contributed by atoms with Gasteiger partial charge in [-0.25, -0.2) is 0 Å². The van der Waals surface area contributed by atoms with E-state index in [9.17, 15) is 0 Å². The summed E-state index contributed by atoms with van der Waals surface area (Å²) in [5, 5.41) is 0. The van der Waals surface area contributed by atoms with Gasteiger partial charge in [0, 0.05) is 0 Å². The molecule has 0 bridgehead atoms. The predicted molar refractivity (Wildman–Crippen MR) is 41.5 cm³/mol. The Labute approximate surface area is 51.5 Å². The normalized spacial score (nSPS) is 10.6. The number of hydrogen-bond acceptors (Lipinski definition) is 1. The highest BCUT2D eigenvalue weighted by Crippen LogP contribution is 2.28. The van der Waals surface area contributed by atoms with Crippen molar-refractivity contribution in [3.8, 4) is 0 Å². The summed E-state index contributed by atoms with van der Waals surface area (Å²) in [5.74, 6) is 1.17. The van der Waals surface area contributed by atoms with Crippen molar-refractivity contribution >= 4 is 20.3 Å². The number of rotatable bonds is 3. The molecule has 0 aliphatic rings. The molecule has 0 radical (unpaired) electrons. The first-order valence-electron chi connectivity index (χ1n) is 2.30. The van der Waals surface area contributed by atoms with E-state index in [1.54, 1.807) is 0 Å². The van der Waals surface area contributed by atoms with Crippen LogP contribution in [0.3, 0.4) is 0 Å². The van der Waals surface area contributed by atoms with Gasteiger partial charge in [0.2, 0.25) is 0 Å². The first kappa shape index (κ1) is 7.52. The summed E-state index contributed by atoms with van der Waals surface area (Å²) < 4.78 is 1.32. The predicted octanol–water partition coefficient (Wildman–Crippen LogP) is 2.52. The Morgan fingerprint density at radius 2 is 2.43 bits per heavy atom. The van der Waals surface area contributed by atoms with Gasteiger partial charge in [-0.2, -0.15) is 0 Å². The molecule has 0 aromatic carbocycles. The van der Waals surface area contributed by atoms with Gasteiger partial charge < -0.3 is 0 Å². The zero-order valence-corrected chi connectivity index (χ0v) is 6.64. The third kappa shape index (κ3) is 4.37. The van der Waals surface area contributed by atoms with E-state index in [1.165, 1.54) is 10.4 Å². The van der Waals surface area contributed by atoms with Crippen molar-refractivity contribution in [2.24, 2.45) is 0 Å². The number of hydrogen-bond donors (Lipinski definition) is 0. The molecule has 0 rings (SSSR count). The second-order valence-electron chi connectivity index (χ2n) is 1.11. The van der Waals surface area contributed by atoms with Crippen LogP contribution in [-0.4, -0.2) is 12.4 Å². The molecule has 0 nitrogen and oxygen atoms in total. The second kappa shape index (κ2) is 4.67. The highest BCUT2D eigenvalue weighted by Gasteiger charge is 1.83. The zero-order chi connectivity index (χ0) is 5.70. The monoisotopic (exact) mass is 134 g/mol. The van der Waals surface area contributed by atoms with Crippen LogP contribution in [0.1, 0.15) is 6.92 Å². The largest absolute Gasteiger partial charge is 0.127 e. The molecule has 0 aromatic heterocycles. The van der Waals surface area contributed by atoms with Gasteiger partial charge in [0.15, 0.2) is 0 Å². The van der Waals surface area contributed by atoms with Crippen LogP contribution >= 0.6 is 20.3 Å². The second-order valence-corrected chi connectivity index (χ2v) is 3.93. The van der Waals surface area contributed by atoms with Crippen LogP contribution in [-0.2, 0) is 0 Å². The maximum Gasteiger partial charge on any atom is -0.00223 e. The first-order chi connectivity index (χ1) is 3.31. The van der Waals surface area contributed by atoms with Crippen LogP contribution in [0.4, 0.5) is 0 Å². The summed E-state index contributed by atoms with van der Waals surface area (Å²) in [6, 6.07) is 0. The fourth-order valence-electron chi connectivity index (χ4n) is 0.246. The molecule has 0 spiro atoms. The molecule has 0 aliphatic carbocycles. The molecule has 1 atom stereocenters. The van der Waals surface area contributed by atoms with E-state index < -0.39 is 0 Å². The molecule has 0 aromatic rings. The van der Waals surface area contributed by atoms with Crippen LogP contribution in [0.5, 0.6) is 0 Å². The summed E-state index contributed by atoms with van der Waals surface area (Å²) in [4.78, 5) is 0. The van der Waals surface area contributed by atoms with Crippen molar-refractivity contribution in [2.45, 2.75) is 6.92 Å². The third-order valence-electron chi connectivity index (χ3n) is 0.597. The lowest BCUT2D eigenvalue weighted by molar-refractivity contribution is 1.53. The lowest BCUT2D eigenvalue weighted by Gasteiger charge is -1.94. The molecule has 7 heavy (non-hydrogen) atoms. The van der Waals surface area contributed by atoms with Crippen LogP contribution in [0, 0.1) is 0 Å². The lowest BCUT2D eigenvalue weighted by atomic mass is 11.0. The molecule has 0 heterocycles. The molecule has 2 heteroatoms. The van der Waals surface area contributed by atoms with Gasteiger partial charge >= 0.3 is 0 Å². The van der Waals surface area contributed by atoms with Crippen LogP contribution in [0.2, 0.25) is 0 Å². The summed E-state index contributed by atoms with van der Waals surface area (Å²) >= 11 is 1.85. The van der Waals surface area contributed by atoms with Crippen molar-refractivity contribution in [2.75, 3.05) is 12.4 Å². The van der Waals surface area contributed by atoms with E-state index in [-0.39, 0.29) is 0 Å².